The average molecular weight is 188 g/mol. The van der Waals surface area contributed by atoms with Crippen LogP contribution in [0.4, 0.5) is 0 Å². The molecule has 72 valence electrons. The van der Waals surface area contributed by atoms with Crippen molar-refractivity contribution in [3.63, 3.8) is 0 Å². The molecule has 0 aliphatic carbocycles. The molecule has 1 unspecified atom stereocenters. The lowest BCUT2D eigenvalue weighted by Crippen LogP contribution is -2.08. The van der Waals surface area contributed by atoms with Crippen LogP contribution in [0.5, 0.6) is 0 Å². The van der Waals surface area contributed by atoms with Gasteiger partial charge in [-0.3, -0.25) is 4.57 Å². The molecule has 4 heteroatoms. The lowest BCUT2D eigenvalue weighted by atomic mass is 10.1. The summed E-state index contributed by atoms with van der Waals surface area (Å²) in [7, 11) is 0. The maximum Gasteiger partial charge on any atom is 0.123 e. The van der Waals surface area contributed by atoms with E-state index in [2.05, 4.69) is 10.2 Å². The zero-order valence-electron chi connectivity index (χ0n) is 7.96. The summed E-state index contributed by atoms with van der Waals surface area (Å²) in [6.45, 7) is 1.96. The highest BCUT2D eigenvalue weighted by atomic mass is 15.2. The normalized spacial score (nSPS) is 12.7. The van der Waals surface area contributed by atoms with Crippen LogP contribution in [0.2, 0.25) is 0 Å². The summed E-state index contributed by atoms with van der Waals surface area (Å²) in [5.74, 6) is 0. The standard InChI is InChI=1S/C10H12N4/c1-8(11)9-4-2-3-5-10(9)14-6-12-13-7-14/h2-8H,11H2,1H3. The van der Waals surface area contributed by atoms with E-state index in [0.29, 0.717) is 0 Å². The first-order valence-corrected chi connectivity index (χ1v) is 4.48. The first-order chi connectivity index (χ1) is 6.79. The minimum Gasteiger partial charge on any atom is -0.324 e. The lowest BCUT2D eigenvalue weighted by molar-refractivity contribution is 0.803. The van der Waals surface area contributed by atoms with Crippen molar-refractivity contribution in [2.24, 2.45) is 5.73 Å². The third kappa shape index (κ3) is 1.52. The average Bonchev–Trinajstić information content (AvgIpc) is 2.70. The Hall–Kier alpha value is -1.68. The first-order valence-electron chi connectivity index (χ1n) is 4.48. The number of para-hydroxylation sites is 1. The van der Waals surface area contributed by atoms with Crippen molar-refractivity contribution in [2.45, 2.75) is 13.0 Å². The van der Waals surface area contributed by atoms with E-state index in [1.54, 1.807) is 12.7 Å². The molecule has 0 fully saturated rings. The molecule has 2 rings (SSSR count). The molecule has 14 heavy (non-hydrogen) atoms. The second kappa shape index (κ2) is 3.59. The summed E-state index contributed by atoms with van der Waals surface area (Å²) >= 11 is 0. The lowest BCUT2D eigenvalue weighted by Gasteiger charge is -2.11. The monoisotopic (exact) mass is 188 g/mol. The molecule has 2 N–H and O–H groups in total. The highest BCUT2D eigenvalue weighted by molar-refractivity contribution is 5.42. The Kier molecular flexibility index (Phi) is 2.28. The molecule has 0 bridgehead atoms. The minimum absolute atomic E-state index is 0.00796. The van der Waals surface area contributed by atoms with E-state index in [9.17, 15) is 0 Å². The van der Waals surface area contributed by atoms with Crippen LogP contribution >= 0.6 is 0 Å². The van der Waals surface area contributed by atoms with Crippen molar-refractivity contribution < 1.29 is 0 Å². The van der Waals surface area contributed by atoms with Crippen LogP contribution < -0.4 is 5.73 Å². The molecule has 1 aromatic heterocycles. The number of nitrogens with two attached hydrogens (primary N) is 1. The van der Waals surface area contributed by atoms with Gasteiger partial charge in [-0.05, 0) is 18.6 Å². The van der Waals surface area contributed by atoms with E-state index in [0.717, 1.165) is 11.3 Å². The van der Waals surface area contributed by atoms with Gasteiger partial charge in [0.1, 0.15) is 12.7 Å². The van der Waals surface area contributed by atoms with E-state index in [-0.39, 0.29) is 6.04 Å². The maximum absolute atomic E-state index is 5.87. The Morgan fingerprint density at radius 1 is 1.21 bits per heavy atom. The fourth-order valence-electron chi connectivity index (χ4n) is 1.43. The number of hydrogen-bond acceptors (Lipinski definition) is 3. The largest absolute Gasteiger partial charge is 0.324 e. The molecule has 0 aliphatic heterocycles. The summed E-state index contributed by atoms with van der Waals surface area (Å²) in [5.41, 5.74) is 7.99. The van der Waals surface area contributed by atoms with E-state index < -0.39 is 0 Å². The van der Waals surface area contributed by atoms with Gasteiger partial charge in [0.25, 0.3) is 0 Å². The topological polar surface area (TPSA) is 56.7 Å². The fourth-order valence-corrected chi connectivity index (χ4v) is 1.43. The van der Waals surface area contributed by atoms with Crippen LogP contribution in [0.3, 0.4) is 0 Å². The van der Waals surface area contributed by atoms with Crippen molar-refractivity contribution in [1.29, 1.82) is 0 Å². The highest BCUT2D eigenvalue weighted by Crippen LogP contribution is 2.18. The molecule has 0 aliphatic rings. The second-order valence-electron chi connectivity index (χ2n) is 3.22. The third-order valence-electron chi connectivity index (χ3n) is 2.12. The predicted octanol–water partition coefficient (Wildman–Crippen LogP) is 1.29. The Balaban J connectivity index is 2.53. The van der Waals surface area contributed by atoms with Crippen LogP contribution in [0.15, 0.2) is 36.9 Å². The molecule has 0 saturated heterocycles. The van der Waals surface area contributed by atoms with Crippen LogP contribution in [0.25, 0.3) is 5.69 Å². The molecule has 0 radical (unpaired) electrons. The minimum atomic E-state index is 0.00796. The number of aromatic nitrogens is 3. The van der Waals surface area contributed by atoms with Crippen molar-refractivity contribution >= 4 is 0 Å². The van der Waals surface area contributed by atoms with Gasteiger partial charge in [0.05, 0.1) is 5.69 Å². The Bertz CT molecular complexity index is 406. The van der Waals surface area contributed by atoms with Gasteiger partial charge in [-0.2, -0.15) is 0 Å². The van der Waals surface area contributed by atoms with Gasteiger partial charge < -0.3 is 5.73 Å². The van der Waals surface area contributed by atoms with Crippen molar-refractivity contribution in [2.75, 3.05) is 0 Å². The molecule has 4 nitrogen and oxygen atoms in total. The summed E-state index contributed by atoms with van der Waals surface area (Å²) in [6.07, 6.45) is 3.34. The van der Waals surface area contributed by atoms with E-state index in [4.69, 9.17) is 5.73 Å². The van der Waals surface area contributed by atoms with Crippen LogP contribution in [-0.2, 0) is 0 Å². The van der Waals surface area contributed by atoms with E-state index >= 15 is 0 Å². The fraction of sp³-hybridized carbons (Fsp3) is 0.200. The predicted molar refractivity (Wildman–Crippen MR) is 54.0 cm³/mol. The summed E-state index contributed by atoms with van der Waals surface area (Å²) < 4.78 is 1.86. The zero-order valence-corrected chi connectivity index (χ0v) is 7.96. The highest BCUT2D eigenvalue weighted by Gasteiger charge is 2.06. The van der Waals surface area contributed by atoms with Gasteiger partial charge in [-0.1, -0.05) is 18.2 Å². The van der Waals surface area contributed by atoms with Gasteiger partial charge >= 0.3 is 0 Å². The Morgan fingerprint density at radius 2 is 1.86 bits per heavy atom. The quantitative estimate of drug-likeness (QED) is 0.772. The van der Waals surface area contributed by atoms with Gasteiger partial charge in [-0.15, -0.1) is 10.2 Å². The molecule has 0 spiro atoms. The number of hydrogen-bond donors (Lipinski definition) is 1. The summed E-state index contributed by atoms with van der Waals surface area (Å²) in [4.78, 5) is 0. The molecular formula is C10H12N4. The molecular weight excluding hydrogens is 176 g/mol. The van der Waals surface area contributed by atoms with E-state index in [1.807, 2.05) is 35.8 Å². The van der Waals surface area contributed by atoms with E-state index in [1.165, 1.54) is 0 Å². The zero-order chi connectivity index (χ0) is 9.97. The van der Waals surface area contributed by atoms with Gasteiger partial charge in [-0.25, -0.2) is 0 Å². The molecule has 1 aromatic carbocycles. The summed E-state index contributed by atoms with van der Waals surface area (Å²) in [6, 6.07) is 7.98. The first kappa shape index (κ1) is 8.90. The van der Waals surface area contributed by atoms with Gasteiger partial charge in [0.15, 0.2) is 0 Å². The molecule has 0 saturated carbocycles. The van der Waals surface area contributed by atoms with Crippen LogP contribution in [-0.4, -0.2) is 14.8 Å². The van der Waals surface area contributed by atoms with Crippen molar-refractivity contribution in [1.82, 2.24) is 14.8 Å². The third-order valence-corrected chi connectivity index (χ3v) is 2.12. The number of benzene rings is 1. The maximum atomic E-state index is 5.87. The van der Waals surface area contributed by atoms with Crippen molar-refractivity contribution in [3.05, 3.63) is 42.5 Å². The van der Waals surface area contributed by atoms with Crippen molar-refractivity contribution in [3.8, 4) is 5.69 Å². The van der Waals surface area contributed by atoms with Crippen LogP contribution in [0.1, 0.15) is 18.5 Å². The second-order valence-corrected chi connectivity index (χ2v) is 3.22. The number of nitrogens with zero attached hydrogens (tertiary/aromatic N) is 3. The smallest absolute Gasteiger partial charge is 0.123 e. The molecule has 0 amide bonds. The summed E-state index contributed by atoms with van der Waals surface area (Å²) in [5, 5.41) is 7.54. The molecule has 2 aromatic rings. The Labute approximate surface area is 82.4 Å². The molecule has 1 heterocycles. The van der Waals surface area contributed by atoms with Gasteiger partial charge in [0, 0.05) is 6.04 Å². The Morgan fingerprint density at radius 3 is 2.50 bits per heavy atom. The number of rotatable bonds is 2. The molecule has 1 atom stereocenters. The SMILES string of the molecule is CC(N)c1ccccc1-n1cnnc1. The van der Waals surface area contributed by atoms with Crippen LogP contribution in [0, 0.1) is 0 Å². The van der Waals surface area contributed by atoms with Gasteiger partial charge in [0.2, 0.25) is 0 Å².